The van der Waals surface area contributed by atoms with E-state index >= 15 is 0 Å². The summed E-state index contributed by atoms with van der Waals surface area (Å²) < 4.78 is 0. The monoisotopic (exact) mass is 260 g/mol. The molecule has 1 aromatic carbocycles. The van der Waals surface area contributed by atoms with Gasteiger partial charge in [0.15, 0.2) is 0 Å². The van der Waals surface area contributed by atoms with Crippen LogP contribution in [0.1, 0.15) is 18.9 Å². The molecule has 4 nitrogen and oxygen atoms in total. The molecule has 2 aliphatic rings. The van der Waals surface area contributed by atoms with Crippen LogP contribution in [0.4, 0.5) is 5.69 Å². The fourth-order valence-corrected chi connectivity index (χ4v) is 3.05. The highest BCUT2D eigenvalue weighted by Gasteiger charge is 2.35. The van der Waals surface area contributed by atoms with E-state index in [0.717, 1.165) is 25.1 Å². The summed E-state index contributed by atoms with van der Waals surface area (Å²) in [6, 6.07) is 7.94. The zero-order chi connectivity index (χ0) is 13.4. The van der Waals surface area contributed by atoms with Crippen molar-refractivity contribution in [1.29, 1.82) is 0 Å². The first kappa shape index (κ1) is 12.5. The summed E-state index contributed by atoms with van der Waals surface area (Å²) in [6.07, 6.45) is 1.35. The summed E-state index contributed by atoms with van der Waals surface area (Å²) in [4.78, 5) is 14.4. The number of hydrogen-bond donors (Lipinski definition) is 2. The van der Waals surface area contributed by atoms with Crippen LogP contribution in [0, 0.1) is 5.92 Å². The highest BCUT2D eigenvalue weighted by atomic mass is 16.3. The lowest BCUT2D eigenvalue weighted by atomic mass is 10.0. The number of fused-ring (bicyclic) bond motifs is 1. The normalized spacial score (nSPS) is 26.9. The first-order chi connectivity index (χ1) is 9.15. The molecule has 0 saturated carbocycles. The quantitative estimate of drug-likeness (QED) is 0.841. The summed E-state index contributed by atoms with van der Waals surface area (Å²) in [7, 11) is 0. The van der Waals surface area contributed by atoms with Crippen molar-refractivity contribution in [2.75, 3.05) is 18.4 Å². The molecule has 1 amide bonds. The molecule has 102 valence electrons. The van der Waals surface area contributed by atoms with Crippen LogP contribution < -0.4 is 5.32 Å². The molecule has 0 bridgehead atoms. The number of likely N-dealkylation sites (tertiary alicyclic amines) is 1. The van der Waals surface area contributed by atoms with Crippen molar-refractivity contribution < 1.29 is 9.90 Å². The van der Waals surface area contributed by atoms with Crippen LogP contribution in [0.25, 0.3) is 0 Å². The Morgan fingerprint density at radius 3 is 2.95 bits per heavy atom. The molecule has 0 aliphatic carbocycles. The number of carbonyl (C=O) groups is 1. The minimum Gasteiger partial charge on any atom is -0.393 e. The van der Waals surface area contributed by atoms with Crippen molar-refractivity contribution in [3.8, 4) is 0 Å². The summed E-state index contributed by atoms with van der Waals surface area (Å²) in [5.41, 5.74) is 2.29. The van der Waals surface area contributed by atoms with Crippen LogP contribution in [0.2, 0.25) is 0 Å². The molecule has 2 N–H and O–H groups in total. The Hall–Kier alpha value is -1.55. The van der Waals surface area contributed by atoms with Gasteiger partial charge in [0.1, 0.15) is 6.04 Å². The third-order valence-corrected chi connectivity index (χ3v) is 4.29. The molecule has 3 rings (SSSR count). The minimum atomic E-state index is -0.327. The van der Waals surface area contributed by atoms with Gasteiger partial charge in [-0.25, -0.2) is 0 Å². The highest BCUT2D eigenvalue weighted by Crippen LogP contribution is 2.28. The van der Waals surface area contributed by atoms with E-state index in [0.29, 0.717) is 6.54 Å². The predicted octanol–water partition coefficient (Wildman–Crippen LogP) is 1.25. The molecule has 3 atom stereocenters. The number of nitrogens with one attached hydrogen (secondary N) is 1. The number of aliphatic hydroxyl groups is 1. The van der Waals surface area contributed by atoms with Gasteiger partial charge in [0.2, 0.25) is 5.91 Å². The number of para-hydroxylation sites is 1. The smallest absolute Gasteiger partial charge is 0.245 e. The molecule has 4 heteroatoms. The fourth-order valence-electron chi connectivity index (χ4n) is 3.05. The van der Waals surface area contributed by atoms with Gasteiger partial charge in [-0.05, 0) is 25.0 Å². The van der Waals surface area contributed by atoms with Gasteiger partial charge in [-0.1, -0.05) is 18.2 Å². The third-order valence-electron chi connectivity index (χ3n) is 4.29. The van der Waals surface area contributed by atoms with Crippen molar-refractivity contribution >= 4 is 11.6 Å². The van der Waals surface area contributed by atoms with Crippen LogP contribution in [-0.2, 0) is 11.2 Å². The van der Waals surface area contributed by atoms with Crippen molar-refractivity contribution in [2.24, 2.45) is 5.92 Å². The Balaban J connectivity index is 1.64. The molecule has 1 saturated heterocycles. The molecule has 0 aromatic heterocycles. The number of carbonyl (C=O) groups excluding carboxylic acids is 1. The molecule has 0 spiro atoms. The van der Waals surface area contributed by atoms with Gasteiger partial charge in [-0.2, -0.15) is 0 Å². The van der Waals surface area contributed by atoms with Gasteiger partial charge in [0.25, 0.3) is 0 Å². The summed E-state index contributed by atoms with van der Waals surface area (Å²) >= 11 is 0. The zero-order valence-electron chi connectivity index (χ0n) is 11.2. The van der Waals surface area contributed by atoms with Gasteiger partial charge >= 0.3 is 0 Å². The average molecular weight is 260 g/mol. The van der Waals surface area contributed by atoms with Crippen molar-refractivity contribution in [2.45, 2.75) is 31.9 Å². The van der Waals surface area contributed by atoms with Crippen molar-refractivity contribution in [3.63, 3.8) is 0 Å². The van der Waals surface area contributed by atoms with E-state index in [1.54, 1.807) is 0 Å². The average Bonchev–Trinajstić information content (AvgIpc) is 3.04. The van der Waals surface area contributed by atoms with Crippen LogP contribution >= 0.6 is 0 Å². The van der Waals surface area contributed by atoms with Crippen molar-refractivity contribution in [3.05, 3.63) is 29.8 Å². The molecule has 1 aromatic rings. The number of aliphatic hydroxyl groups excluding tert-OH is 1. The third kappa shape index (κ3) is 2.32. The largest absolute Gasteiger partial charge is 0.393 e. The first-order valence-corrected chi connectivity index (χ1v) is 6.96. The molecule has 2 aliphatic heterocycles. The summed E-state index contributed by atoms with van der Waals surface area (Å²) in [5, 5.41) is 12.9. The standard InChI is InChI=1S/C15H20N2O2/c1-10(18)12-6-7-17(9-12)15(19)14-8-11-4-2-3-5-13(11)16-14/h2-5,10,12,14,16,18H,6-9H2,1H3. The number of rotatable bonds is 2. The van der Waals surface area contributed by atoms with E-state index in [1.165, 1.54) is 5.56 Å². The van der Waals surface area contributed by atoms with E-state index in [4.69, 9.17) is 0 Å². The molecule has 0 radical (unpaired) electrons. The summed E-state index contributed by atoms with van der Waals surface area (Å²) in [5.74, 6) is 0.395. The second-order valence-electron chi connectivity index (χ2n) is 5.63. The number of nitrogens with zero attached hydrogens (tertiary/aromatic N) is 1. The predicted molar refractivity (Wildman–Crippen MR) is 73.9 cm³/mol. The van der Waals surface area contributed by atoms with Gasteiger partial charge in [-0.3, -0.25) is 4.79 Å². The first-order valence-electron chi connectivity index (χ1n) is 6.96. The van der Waals surface area contributed by atoms with Crippen LogP contribution in [0.3, 0.4) is 0 Å². The molecular formula is C15H20N2O2. The molecular weight excluding hydrogens is 240 g/mol. The van der Waals surface area contributed by atoms with Gasteiger partial charge in [0, 0.05) is 31.1 Å². The Labute approximate surface area is 113 Å². The molecule has 19 heavy (non-hydrogen) atoms. The van der Waals surface area contributed by atoms with Gasteiger partial charge in [-0.15, -0.1) is 0 Å². The lowest BCUT2D eigenvalue weighted by Crippen LogP contribution is -2.41. The number of amides is 1. The van der Waals surface area contributed by atoms with E-state index in [2.05, 4.69) is 11.4 Å². The van der Waals surface area contributed by atoms with E-state index in [9.17, 15) is 9.90 Å². The summed E-state index contributed by atoms with van der Waals surface area (Å²) in [6.45, 7) is 3.26. The van der Waals surface area contributed by atoms with Crippen LogP contribution in [-0.4, -0.2) is 41.1 Å². The van der Waals surface area contributed by atoms with E-state index in [-0.39, 0.29) is 24.0 Å². The molecule has 3 unspecified atom stereocenters. The van der Waals surface area contributed by atoms with Crippen LogP contribution in [0.5, 0.6) is 0 Å². The van der Waals surface area contributed by atoms with E-state index in [1.807, 2.05) is 30.0 Å². The Kier molecular flexibility index (Phi) is 3.19. The number of hydrogen-bond acceptors (Lipinski definition) is 3. The SMILES string of the molecule is CC(O)C1CCN(C(=O)C2Cc3ccccc3N2)C1. The number of anilines is 1. The second-order valence-corrected chi connectivity index (χ2v) is 5.63. The Bertz CT molecular complexity index is 462. The Morgan fingerprint density at radius 1 is 1.47 bits per heavy atom. The highest BCUT2D eigenvalue weighted by molar-refractivity contribution is 5.87. The zero-order valence-corrected chi connectivity index (χ0v) is 11.2. The maximum atomic E-state index is 12.5. The fraction of sp³-hybridized carbons (Fsp3) is 0.533. The topological polar surface area (TPSA) is 52.6 Å². The molecule has 2 heterocycles. The minimum absolute atomic E-state index is 0.134. The lowest BCUT2D eigenvalue weighted by molar-refractivity contribution is -0.131. The van der Waals surface area contributed by atoms with Gasteiger partial charge in [0.05, 0.1) is 6.10 Å². The van der Waals surface area contributed by atoms with Crippen LogP contribution in [0.15, 0.2) is 24.3 Å². The Morgan fingerprint density at radius 2 is 2.26 bits per heavy atom. The van der Waals surface area contributed by atoms with Gasteiger partial charge < -0.3 is 15.3 Å². The maximum absolute atomic E-state index is 12.5. The lowest BCUT2D eigenvalue weighted by Gasteiger charge is -2.21. The maximum Gasteiger partial charge on any atom is 0.245 e. The van der Waals surface area contributed by atoms with E-state index < -0.39 is 0 Å². The second kappa shape index (κ2) is 4.85. The van der Waals surface area contributed by atoms with Crippen molar-refractivity contribution in [1.82, 2.24) is 4.90 Å². The molecule has 1 fully saturated rings. The number of benzene rings is 1.